The van der Waals surface area contributed by atoms with Gasteiger partial charge in [-0.1, -0.05) is 33.6 Å². The molecule has 0 amide bonds. The minimum atomic E-state index is -0.222. The molecule has 2 aromatic rings. The molecular weight excluding hydrogens is 356 g/mol. The number of methoxy groups -OCH3 is 2. The number of hydrazine groups is 1. The minimum absolute atomic E-state index is 0.222. The number of rotatable bonds is 5. The fourth-order valence-corrected chi connectivity index (χ4v) is 3.01. The molecule has 3 N–H and O–H groups in total. The topological polar surface area (TPSA) is 56.5 Å². The monoisotopic (exact) mass is 370 g/mol. The zero-order chi connectivity index (χ0) is 15.4. The third-order valence-corrected chi connectivity index (χ3v) is 4.07. The Kier molecular flexibility index (Phi) is 5.47. The van der Waals surface area contributed by atoms with Crippen LogP contribution in [0.3, 0.4) is 0 Å². The molecule has 0 spiro atoms. The van der Waals surface area contributed by atoms with Gasteiger partial charge in [-0.2, -0.15) is 0 Å². The van der Waals surface area contributed by atoms with Crippen LogP contribution in [0.15, 0.2) is 40.9 Å². The van der Waals surface area contributed by atoms with Crippen LogP contribution in [0.1, 0.15) is 17.2 Å². The number of nitrogens with two attached hydrogens (primary N) is 1. The maximum Gasteiger partial charge on any atom is 0.122 e. The summed E-state index contributed by atoms with van der Waals surface area (Å²) in [6, 6.07) is 11.0. The van der Waals surface area contributed by atoms with Crippen LogP contribution in [0.2, 0.25) is 5.02 Å². The summed E-state index contributed by atoms with van der Waals surface area (Å²) >= 11 is 9.50. The van der Waals surface area contributed by atoms with Crippen molar-refractivity contribution in [3.63, 3.8) is 0 Å². The van der Waals surface area contributed by atoms with Gasteiger partial charge in [0.05, 0.1) is 20.3 Å². The molecule has 112 valence electrons. The van der Waals surface area contributed by atoms with Crippen LogP contribution >= 0.6 is 27.5 Å². The summed E-state index contributed by atoms with van der Waals surface area (Å²) in [4.78, 5) is 0. The average molecular weight is 372 g/mol. The number of halogens is 2. The van der Waals surface area contributed by atoms with E-state index in [1.807, 2.05) is 36.4 Å². The smallest absolute Gasteiger partial charge is 0.122 e. The zero-order valence-electron chi connectivity index (χ0n) is 11.7. The Morgan fingerprint density at radius 2 is 1.71 bits per heavy atom. The third-order valence-electron chi connectivity index (χ3n) is 3.15. The lowest BCUT2D eigenvalue weighted by Crippen LogP contribution is -2.29. The van der Waals surface area contributed by atoms with Gasteiger partial charge in [0.15, 0.2) is 0 Å². The predicted octanol–water partition coefficient (Wildman–Crippen LogP) is 3.67. The summed E-state index contributed by atoms with van der Waals surface area (Å²) in [6.07, 6.45) is 0. The molecule has 0 aliphatic heterocycles. The van der Waals surface area contributed by atoms with Gasteiger partial charge in [0, 0.05) is 15.6 Å². The largest absolute Gasteiger partial charge is 0.497 e. The molecule has 1 atom stereocenters. The predicted molar refractivity (Wildman–Crippen MR) is 87.9 cm³/mol. The number of benzene rings is 2. The lowest BCUT2D eigenvalue weighted by atomic mass is 9.99. The van der Waals surface area contributed by atoms with E-state index in [9.17, 15) is 0 Å². The Morgan fingerprint density at radius 3 is 2.19 bits per heavy atom. The first-order valence-electron chi connectivity index (χ1n) is 6.23. The zero-order valence-corrected chi connectivity index (χ0v) is 14.0. The van der Waals surface area contributed by atoms with E-state index < -0.39 is 0 Å². The van der Waals surface area contributed by atoms with Crippen molar-refractivity contribution in [2.24, 2.45) is 5.84 Å². The van der Waals surface area contributed by atoms with Crippen LogP contribution in [0.25, 0.3) is 0 Å². The van der Waals surface area contributed by atoms with Crippen LogP contribution in [0, 0.1) is 0 Å². The van der Waals surface area contributed by atoms with Crippen LogP contribution in [0.5, 0.6) is 11.5 Å². The maximum atomic E-state index is 5.98. The van der Waals surface area contributed by atoms with Gasteiger partial charge in [-0.05, 0) is 35.4 Å². The molecule has 21 heavy (non-hydrogen) atoms. The molecule has 0 aromatic heterocycles. The summed E-state index contributed by atoms with van der Waals surface area (Å²) in [7, 11) is 3.23. The van der Waals surface area contributed by atoms with E-state index in [0.717, 1.165) is 15.6 Å². The fourth-order valence-electron chi connectivity index (χ4n) is 2.10. The lowest BCUT2D eigenvalue weighted by molar-refractivity contribution is 0.392. The number of hydrogen-bond donors (Lipinski definition) is 2. The molecule has 1 unspecified atom stereocenters. The normalized spacial score (nSPS) is 12.0. The van der Waals surface area contributed by atoms with Crippen molar-refractivity contribution >= 4 is 27.5 Å². The van der Waals surface area contributed by atoms with Gasteiger partial charge in [-0.3, -0.25) is 5.84 Å². The van der Waals surface area contributed by atoms with Gasteiger partial charge < -0.3 is 9.47 Å². The molecule has 4 nitrogen and oxygen atoms in total. The van der Waals surface area contributed by atoms with E-state index in [-0.39, 0.29) is 6.04 Å². The highest BCUT2D eigenvalue weighted by molar-refractivity contribution is 9.10. The van der Waals surface area contributed by atoms with Crippen LogP contribution < -0.4 is 20.7 Å². The Balaban J connectivity index is 2.50. The summed E-state index contributed by atoms with van der Waals surface area (Å²) in [5.41, 5.74) is 4.71. The van der Waals surface area contributed by atoms with Gasteiger partial charge in [0.25, 0.3) is 0 Å². The van der Waals surface area contributed by atoms with Gasteiger partial charge in [0.1, 0.15) is 11.5 Å². The molecule has 6 heteroatoms. The van der Waals surface area contributed by atoms with Gasteiger partial charge in [-0.15, -0.1) is 0 Å². The summed E-state index contributed by atoms with van der Waals surface area (Å²) in [6.45, 7) is 0. The number of nitrogens with one attached hydrogen (secondary N) is 1. The quantitative estimate of drug-likeness (QED) is 0.622. The van der Waals surface area contributed by atoms with Gasteiger partial charge >= 0.3 is 0 Å². The van der Waals surface area contributed by atoms with Crippen LogP contribution in [-0.2, 0) is 0 Å². The van der Waals surface area contributed by atoms with Crippen molar-refractivity contribution in [2.75, 3.05) is 14.2 Å². The molecule has 0 fully saturated rings. The molecular formula is C15H16BrClN2O2. The highest BCUT2D eigenvalue weighted by Crippen LogP contribution is 2.33. The van der Waals surface area contributed by atoms with Crippen molar-refractivity contribution in [3.8, 4) is 11.5 Å². The number of hydrogen-bond acceptors (Lipinski definition) is 4. The second-order valence-corrected chi connectivity index (χ2v) is 5.70. The summed E-state index contributed by atoms with van der Waals surface area (Å²) in [5, 5.41) is 0.657. The Labute approximate surface area is 137 Å². The Morgan fingerprint density at radius 1 is 1.10 bits per heavy atom. The molecule has 0 heterocycles. The average Bonchev–Trinajstić information content (AvgIpc) is 2.49. The molecule has 0 bridgehead atoms. The van der Waals surface area contributed by atoms with E-state index in [1.54, 1.807) is 14.2 Å². The van der Waals surface area contributed by atoms with Crippen molar-refractivity contribution in [1.29, 1.82) is 0 Å². The lowest BCUT2D eigenvalue weighted by Gasteiger charge is -2.20. The highest BCUT2D eigenvalue weighted by atomic mass is 79.9. The second-order valence-electron chi connectivity index (χ2n) is 4.41. The van der Waals surface area contributed by atoms with Crippen molar-refractivity contribution in [3.05, 3.63) is 57.0 Å². The third kappa shape index (κ3) is 3.68. The first-order chi connectivity index (χ1) is 10.1. The van der Waals surface area contributed by atoms with Crippen molar-refractivity contribution < 1.29 is 9.47 Å². The second kappa shape index (κ2) is 7.13. The van der Waals surface area contributed by atoms with Crippen molar-refractivity contribution in [2.45, 2.75) is 6.04 Å². The first kappa shape index (κ1) is 16.1. The van der Waals surface area contributed by atoms with Crippen molar-refractivity contribution in [1.82, 2.24) is 5.43 Å². The molecule has 0 aliphatic rings. The molecule has 2 rings (SSSR count). The summed E-state index contributed by atoms with van der Waals surface area (Å²) in [5.74, 6) is 7.15. The number of ether oxygens (including phenoxy) is 2. The van der Waals surface area contributed by atoms with Crippen LogP contribution in [0.4, 0.5) is 0 Å². The first-order valence-corrected chi connectivity index (χ1v) is 7.40. The fraction of sp³-hybridized carbons (Fsp3) is 0.200. The van der Waals surface area contributed by atoms with E-state index in [2.05, 4.69) is 21.4 Å². The van der Waals surface area contributed by atoms with E-state index in [0.29, 0.717) is 16.5 Å². The van der Waals surface area contributed by atoms with E-state index in [4.69, 9.17) is 26.9 Å². The van der Waals surface area contributed by atoms with Crippen LogP contribution in [-0.4, -0.2) is 14.2 Å². The molecule has 0 saturated carbocycles. The van der Waals surface area contributed by atoms with E-state index >= 15 is 0 Å². The highest BCUT2D eigenvalue weighted by Gasteiger charge is 2.17. The molecule has 0 radical (unpaired) electrons. The maximum absolute atomic E-state index is 5.98. The van der Waals surface area contributed by atoms with Gasteiger partial charge in [-0.25, -0.2) is 5.43 Å². The Bertz CT molecular complexity index is 615. The Hall–Kier alpha value is -1.27. The molecule has 2 aromatic carbocycles. The molecule has 0 saturated heterocycles. The standard InChI is InChI=1S/C15H16BrClN2O2/c1-20-11-5-9(6-12(8-11)21-2)15(19-18)13-4-3-10(17)7-14(13)16/h3-8,15,19H,18H2,1-2H3. The van der Waals surface area contributed by atoms with E-state index in [1.165, 1.54) is 0 Å². The van der Waals surface area contributed by atoms with Gasteiger partial charge in [0.2, 0.25) is 0 Å². The SMILES string of the molecule is COc1cc(OC)cc(C(NN)c2ccc(Cl)cc2Br)c1. The minimum Gasteiger partial charge on any atom is -0.497 e. The summed E-state index contributed by atoms with van der Waals surface area (Å²) < 4.78 is 11.5. The molecule has 0 aliphatic carbocycles.